The van der Waals surface area contributed by atoms with E-state index >= 15 is 0 Å². The van der Waals surface area contributed by atoms with Crippen LogP contribution < -0.4 is 4.90 Å². The number of aryl methyl sites for hydroxylation is 1. The highest BCUT2D eigenvalue weighted by molar-refractivity contribution is 7.15. The lowest BCUT2D eigenvalue weighted by Gasteiger charge is -2.24. The first-order valence-electron chi connectivity index (χ1n) is 8.12. The summed E-state index contributed by atoms with van der Waals surface area (Å²) in [6.45, 7) is 6.76. The second-order valence-electron chi connectivity index (χ2n) is 6.02. The number of amides is 1. The fourth-order valence-corrected chi connectivity index (χ4v) is 3.85. The second kappa shape index (κ2) is 7.13. The zero-order valence-electron chi connectivity index (χ0n) is 14.0. The van der Waals surface area contributed by atoms with Crippen molar-refractivity contribution in [3.05, 3.63) is 45.9 Å². The van der Waals surface area contributed by atoms with Crippen molar-refractivity contribution in [2.75, 3.05) is 31.1 Å². The molecule has 0 atom stereocenters. The number of thiophene rings is 1. The molecule has 126 valence electrons. The van der Waals surface area contributed by atoms with Gasteiger partial charge in [-0.2, -0.15) is 0 Å². The quantitative estimate of drug-likeness (QED) is 0.804. The predicted molar refractivity (Wildman–Crippen MR) is 96.0 cm³/mol. The summed E-state index contributed by atoms with van der Waals surface area (Å²) >= 11 is 1.29. The number of hydrogen-bond acceptors (Lipinski definition) is 5. The Bertz CT molecular complexity index is 756. The van der Waals surface area contributed by atoms with Gasteiger partial charge in [0.25, 0.3) is 5.91 Å². The molecule has 1 aliphatic rings. The molecule has 0 aromatic carbocycles. The van der Waals surface area contributed by atoms with E-state index in [-0.39, 0.29) is 11.7 Å². The van der Waals surface area contributed by atoms with Crippen molar-refractivity contribution >= 4 is 28.7 Å². The smallest absolute Gasteiger partial charge is 0.264 e. The largest absolute Gasteiger partial charge is 0.369 e. The first-order chi connectivity index (χ1) is 11.6. The van der Waals surface area contributed by atoms with E-state index < -0.39 is 0 Å². The Morgan fingerprint density at radius 1 is 1.08 bits per heavy atom. The Morgan fingerprint density at radius 2 is 1.88 bits per heavy atom. The van der Waals surface area contributed by atoms with Crippen LogP contribution in [0.15, 0.2) is 30.6 Å². The van der Waals surface area contributed by atoms with Crippen LogP contribution in [0.3, 0.4) is 0 Å². The highest BCUT2D eigenvalue weighted by Crippen LogP contribution is 2.22. The van der Waals surface area contributed by atoms with E-state index in [2.05, 4.69) is 16.8 Å². The van der Waals surface area contributed by atoms with E-state index in [4.69, 9.17) is 0 Å². The van der Waals surface area contributed by atoms with Crippen LogP contribution in [-0.4, -0.2) is 47.8 Å². The zero-order valence-corrected chi connectivity index (χ0v) is 14.8. The minimum atomic E-state index is 0.00857. The van der Waals surface area contributed by atoms with Crippen LogP contribution in [0.25, 0.3) is 0 Å². The highest BCUT2D eigenvalue weighted by atomic mass is 32.1. The average Bonchev–Trinajstić information content (AvgIpc) is 2.94. The number of rotatable bonds is 3. The summed E-state index contributed by atoms with van der Waals surface area (Å²) < 4.78 is 0. The molecule has 0 bridgehead atoms. The molecule has 3 heterocycles. The first-order valence-corrected chi connectivity index (χ1v) is 8.93. The minimum absolute atomic E-state index is 0.00857. The summed E-state index contributed by atoms with van der Waals surface area (Å²) in [5, 5.41) is 0. The predicted octanol–water partition coefficient (Wildman–Crippen LogP) is 3.01. The number of hydrogen-bond donors (Lipinski definition) is 0. The van der Waals surface area contributed by atoms with Crippen LogP contribution >= 0.6 is 11.3 Å². The molecule has 0 radical (unpaired) electrons. The maximum absolute atomic E-state index is 12.7. The van der Waals surface area contributed by atoms with Crippen LogP contribution in [-0.2, 0) is 0 Å². The Morgan fingerprint density at radius 3 is 2.58 bits per heavy atom. The minimum Gasteiger partial charge on any atom is -0.369 e. The second-order valence-corrected chi connectivity index (χ2v) is 7.10. The van der Waals surface area contributed by atoms with Gasteiger partial charge in [0, 0.05) is 44.3 Å². The van der Waals surface area contributed by atoms with E-state index in [0.29, 0.717) is 16.3 Å². The number of Topliss-reactive ketones (excluding diaryl/α,β-unsaturated/α-hetero) is 1. The third kappa shape index (κ3) is 3.48. The topological polar surface area (TPSA) is 53.5 Å². The SMILES string of the molecule is CC(=O)c1ccc(C(=O)N2CCCN(c3ccncc3C)CC2)s1. The van der Waals surface area contributed by atoms with Crippen LogP contribution in [0.4, 0.5) is 5.69 Å². The molecule has 3 rings (SSSR count). The van der Waals surface area contributed by atoms with Gasteiger partial charge in [0.1, 0.15) is 0 Å². The van der Waals surface area contributed by atoms with Gasteiger partial charge in [-0.3, -0.25) is 14.6 Å². The molecule has 1 fully saturated rings. The molecule has 2 aromatic rings. The zero-order chi connectivity index (χ0) is 17.1. The lowest BCUT2D eigenvalue weighted by Crippen LogP contribution is -2.35. The van der Waals surface area contributed by atoms with Gasteiger partial charge in [-0.15, -0.1) is 11.3 Å². The molecule has 0 unspecified atom stereocenters. The molecule has 0 aliphatic carbocycles. The van der Waals surface area contributed by atoms with E-state index in [0.717, 1.165) is 31.6 Å². The summed E-state index contributed by atoms with van der Waals surface area (Å²) in [4.78, 5) is 33.8. The normalized spacial score (nSPS) is 15.2. The van der Waals surface area contributed by atoms with Gasteiger partial charge >= 0.3 is 0 Å². The van der Waals surface area contributed by atoms with Crippen LogP contribution in [0.5, 0.6) is 0 Å². The van der Waals surface area contributed by atoms with Crippen molar-refractivity contribution in [3.63, 3.8) is 0 Å². The van der Waals surface area contributed by atoms with Gasteiger partial charge in [0.2, 0.25) is 0 Å². The molecule has 1 aliphatic heterocycles. The summed E-state index contributed by atoms with van der Waals surface area (Å²) in [5.74, 6) is 0.0371. The maximum Gasteiger partial charge on any atom is 0.264 e. The lowest BCUT2D eigenvalue weighted by molar-refractivity contribution is 0.0771. The van der Waals surface area contributed by atoms with E-state index in [1.165, 1.54) is 23.9 Å². The van der Waals surface area contributed by atoms with Gasteiger partial charge in [-0.05, 0) is 44.0 Å². The molecule has 6 heteroatoms. The van der Waals surface area contributed by atoms with Crippen molar-refractivity contribution in [2.24, 2.45) is 0 Å². The molecular weight excluding hydrogens is 322 g/mol. The number of aromatic nitrogens is 1. The summed E-state index contributed by atoms with van der Waals surface area (Å²) in [5.41, 5.74) is 2.34. The number of carbonyl (C=O) groups excluding carboxylic acids is 2. The molecule has 5 nitrogen and oxygen atoms in total. The maximum atomic E-state index is 12.7. The molecule has 1 saturated heterocycles. The standard InChI is InChI=1S/C18H21N3O2S/c1-13-12-19-7-6-15(13)20-8-3-9-21(11-10-20)18(23)17-5-4-16(24-17)14(2)22/h4-7,12H,3,8-11H2,1-2H3. The Hall–Kier alpha value is -2.21. The monoisotopic (exact) mass is 343 g/mol. The third-order valence-corrected chi connectivity index (χ3v) is 5.45. The fraction of sp³-hybridized carbons (Fsp3) is 0.389. The number of pyridine rings is 1. The first kappa shape index (κ1) is 16.6. The number of nitrogens with zero attached hydrogens (tertiary/aromatic N) is 3. The van der Waals surface area contributed by atoms with Crippen LogP contribution in [0.1, 0.15) is 38.3 Å². The molecular formula is C18H21N3O2S. The number of anilines is 1. The van der Waals surface area contributed by atoms with Gasteiger partial charge in [-0.25, -0.2) is 0 Å². The van der Waals surface area contributed by atoms with Gasteiger partial charge in [0.05, 0.1) is 9.75 Å². The molecule has 1 amide bonds. The van der Waals surface area contributed by atoms with Gasteiger partial charge < -0.3 is 9.80 Å². The third-order valence-electron chi connectivity index (χ3n) is 4.28. The van der Waals surface area contributed by atoms with E-state index in [9.17, 15) is 9.59 Å². The Balaban J connectivity index is 1.70. The molecule has 2 aromatic heterocycles. The van der Waals surface area contributed by atoms with Crippen LogP contribution in [0, 0.1) is 6.92 Å². The molecule has 0 spiro atoms. The summed E-state index contributed by atoms with van der Waals surface area (Å²) in [6.07, 6.45) is 4.61. The van der Waals surface area contributed by atoms with Gasteiger partial charge in [0.15, 0.2) is 5.78 Å². The Kier molecular flexibility index (Phi) is 4.94. The molecule has 0 N–H and O–H groups in total. The summed E-state index contributed by atoms with van der Waals surface area (Å²) in [6, 6.07) is 5.54. The molecule has 24 heavy (non-hydrogen) atoms. The lowest BCUT2D eigenvalue weighted by atomic mass is 10.2. The fourth-order valence-electron chi connectivity index (χ4n) is 2.98. The number of carbonyl (C=O) groups is 2. The van der Waals surface area contributed by atoms with Crippen LogP contribution in [0.2, 0.25) is 0 Å². The number of ketones is 1. The van der Waals surface area contributed by atoms with Crippen molar-refractivity contribution in [3.8, 4) is 0 Å². The van der Waals surface area contributed by atoms with Crippen molar-refractivity contribution in [1.82, 2.24) is 9.88 Å². The van der Waals surface area contributed by atoms with Gasteiger partial charge in [-0.1, -0.05) is 0 Å². The van der Waals surface area contributed by atoms with Crippen molar-refractivity contribution in [2.45, 2.75) is 20.3 Å². The van der Waals surface area contributed by atoms with Crippen molar-refractivity contribution < 1.29 is 9.59 Å². The highest BCUT2D eigenvalue weighted by Gasteiger charge is 2.22. The molecule has 0 saturated carbocycles. The average molecular weight is 343 g/mol. The van der Waals surface area contributed by atoms with E-state index in [1.807, 2.05) is 23.4 Å². The van der Waals surface area contributed by atoms with E-state index in [1.54, 1.807) is 12.1 Å². The van der Waals surface area contributed by atoms with Crippen molar-refractivity contribution in [1.29, 1.82) is 0 Å². The Labute approximate surface area is 145 Å². The summed E-state index contributed by atoms with van der Waals surface area (Å²) in [7, 11) is 0.